The third-order valence-electron chi connectivity index (χ3n) is 1.72. The second-order valence-electron chi connectivity index (χ2n) is 2.81. The van der Waals surface area contributed by atoms with E-state index in [9.17, 15) is 18.0 Å². The van der Waals surface area contributed by atoms with Crippen LogP contribution in [0.4, 0.5) is 13.2 Å². The Kier molecular flexibility index (Phi) is 4.16. The van der Waals surface area contributed by atoms with E-state index in [1.807, 2.05) is 0 Å². The Morgan fingerprint density at radius 2 is 2.06 bits per heavy atom. The molecule has 1 aromatic rings. The molecule has 8 heteroatoms. The molecule has 1 N–H and O–H groups in total. The van der Waals surface area contributed by atoms with Crippen LogP contribution in [-0.4, -0.2) is 23.7 Å². The summed E-state index contributed by atoms with van der Waals surface area (Å²) in [6, 6.07) is 1.89. The van der Waals surface area contributed by atoms with E-state index in [0.717, 1.165) is 23.9 Å². The monoisotopic (exact) mass is 286 g/mol. The van der Waals surface area contributed by atoms with E-state index in [1.165, 1.54) is 6.26 Å². The maximum atomic E-state index is 12.1. The molecule has 17 heavy (non-hydrogen) atoms. The van der Waals surface area contributed by atoms with Crippen molar-refractivity contribution < 1.29 is 27.8 Å². The normalized spacial score (nSPS) is 11.4. The minimum atomic E-state index is -4.85. The molecule has 0 aliphatic heterocycles. The smallest absolute Gasteiger partial charge is 0.478 e. The Balaban J connectivity index is 3.26. The summed E-state index contributed by atoms with van der Waals surface area (Å²) in [6.07, 6.45) is -3.38. The van der Waals surface area contributed by atoms with Gasteiger partial charge >= 0.3 is 12.3 Å². The summed E-state index contributed by atoms with van der Waals surface area (Å²) in [7, 11) is 0. The van der Waals surface area contributed by atoms with Crippen molar-refractivity contribution in [2.45, 2.75) is 11.3 Å². The van der Waals surface area contributed by atoms with E-state index in [1.54, 1.807) is 0 Å². The number of alkyl halides is 3. The van der Waals surface area contributed by atoms with Crippen molar-refractivity contribution in [3.8, 4) is 5.75 Å². The van der Waals surface area contributed by atoms with Crippen LogP contribution in [0.3, 0.4) is 0 Å². The number of benzene rings is 1. The fraction of sp³-hybridized carbons (Fsp3) is 0.222. The molecule has 0 bridgehead atoms. The van der Waals surface area contributed by atoms with Crippen LogP contribution in [0, 0.1) is 0 Å². The van der Waals surface area contributed by atoms with Gasteiger partial charge in [-0.15, -0.1) is 24.9 Å². The van der Waals surface area contributed by atoms with Gasteiger partial charge in [-0.25, -0.2) is 4.79 Å². The molecule has 0 atom stereocenters. The van der Waals surface area contributed by atoms with Crippen LogP contribution in [0.5, 0.6) is 5.75 Å². The first-order chi connectivity index (χ1) is 7.76. The molecule has 94 valence electrons. The Hall–Kier alpha value is -1.08. The number of hydrogen-bond donors (Lipinski definition) is 1. The lowest BCUT2D eigenvalue weighted by molar-refractivity contribution is -0.275. The fourth-order valence-electron chi connectivity index (χ4n) is 1.10. The van der Waals surface area contributed by atoms with E-state index in [2.05, 4.69) is 4.74 Å². The molecule has 0 saturated heterocycles. The number of rotatable bonds is 3. The number of aromatic carboxylic acids is 1. The van der Waals surface area contributed by atoms with Gasteiger partial charge in [0.15, 0.2) is 0 Å². The number of ether oxygens (including phenoxy) is 1. The zero-order valence-corrected chi connectivity index (χ0v) is 9.91. The quantitative estimate of drug-likeness (QED) is 0.862. The van der Waals surface area contributed by atoms with Crippen molar-refractivity contribution >= 4 is 29.3 Å². The standard InChI is InChI=1S/C9H6ClF3O3S/c1-17-7-5(16-9(11,12)13)3-2-4(6(7)10)8(14)15/h2-3H,1H3,(H,14,15). The van der Waals surface area contributed by atoms with Crippen molar-refractivity contribution in [1.82, 2.24) is 0 Å². The van der Waals surface area contributed by atoms with Gasteiger partial charge in [-0.3, -0.25) is 0 Å². The molecule has 0 amide bonds. The predicted octanol–water partition coefficient (Wildman–Crippen LogP) is 3.66. The first-order valence-corrected chi connectivity index (χ1v) is 5.72. The van der Waals surface area contributed by atoms with Crippen LogP contribution in [-0.2, 0) is 0 Å². The second-order valence-corrected chi connectivity index (χ2v) is 4.01. The van der Waals surface area contributed by atoms with Crippen LogP contribution in [0.2, 0.25) is 5.02 Å². The topological polar surface area (TPSA) is 46.5 Å². The lowest BCUT2D eigenvalue weighted by Crippen LogP contribution is -2.18. The van der Waals surface area contributed by atoms with Gasteiger partial charge in [0, 0.05) is 0 Å². The maximum Gasteiger partial charge on any atom is 0.573 e. The highest BCUT2D eigenvalue weighted by molar-refractivity contribution is 7.98. The van der Waals surface area contributed by atoms with Crippen LogP contribution in [0.1, 0.15) is 10.4 Å². The minimum absolute atomic E-state index is 0.0658. The summed E-state index contributed by atoms with van der Waals surface area (Å²) in [5, 5.41) is 8.48. The molecule has 0 aliphatic rings. The summed E-state index contributed by atoms with van der Waals surface area (Å²) < 4.78 is 39.9. The summed E-state index contributed by atoms with van der Waals surface area (Å²) in [5.41, 5.74) is -0.273. The average molecular weight is 287 g/mol. The molecular formula is C9H6ClF3O3S. The minimum Gasteiger partial charge on any atom is -0.478 e. The van der Waals surface area contributed by atoms with Gasteiger partial charge in [0.2, 0.25) is 0 Å². The van der Waals surface area contributed by atoms with Crippen molar-refractivity contribution in [2.75, 3.05) is 6.26 Å². The predicted molar refractivity (Wildman–Crippen MR) is 56.9 cm³/mol. The van der Waals surface area contributed by atoms with Crippen LogP contribution in [0.15, 0.2) is 17.0 Å². The fourth-order valence-corrected chi connectivity index (χ4v) is 2.17. The van der Waals surface area contributed by atoms with Crippen LogP contribution in [0.25, 0.3) is 0 Å². The first-order valence-electron chi connectivity index (χ1n) is 4.11. The molecule has 1 aromatic carbocycles. The maximum absolute atomic E-state index is 12.1. The molecule has 0 aliphatic carbocycles. The van der Waals surface area contributed by atoms with E-state index < -0.39 is 18.1 Å². The summed E-state index contributed by atoms with van der Waals surface area (Å²) in [4.78, 5) is 10.7. The van der Waals surface area contributed by atoms with Gasteiger partial charge in [0.05, 0.1) is 15.5 Å². The number of carbonyl (C=O) groups is 1. The molecule has 0 heterocycles. The average Bonchev–Trinajstić information content (AvgIpc) is 2.15. The summed E-state index contributed by atoms with van der Waals surface area (Å²) in [6.45, 7) is 0. The Labute approximate surface area is 104 Å². The Bertz CT molecular complexity index is 448. The third kappa shape index (κ3) is 3.44. The van der Waals surface area contributed by atoms with E-state index in [4.69, 9.17) is 16.7 Å². The Morgan fingerprint density at radius 3 is 2.47 bits per heavy atom. The zero-order chi connectivity index (χ0) is 13.2. The highest BCUT2D eigenvalue weighted by atomic mass is 35.5. The number of carboxylic acids is 1. The van der Waals surface area contributed by atoms with E-state index >= 15 is 0 Å². The van der Waals surface area contributed by atoms with Gasteiger partial charge in [0.25, 0.3) is 0 Å². The molecule has 3 nitrogen and oxygen atoms in total. The molecule has 0 fully saturated rings. The molecule has 1 rings (SSSR count). The molecule has 0 unspecified atom stereocenters. The SMILES string of the molecule is CSc1c(OC(F)(F)F)ccc(C(=O)O)c1Cl. The summed E-state index contributed by atoms with van der Waals surface area (Å²) in [5.74, 6) is -1.83. The molecular weight excluding hydrogens is 281 g/mol. The highest BCUT2D eigenvalue weighted by Crippen LogP contribution is 2.39. The molecule has 0 radical (unpaired) electrons. The van der Waals surface area contributed by atoms with Crippen molar-refractivity contribution in [3.63, 3.8) is 0 Å². The summed E-state index contributed by atoms with van der Waals surface area (Å²) >= 11 is 6.56. The molecule has 0 aromatic heterocycles. The van der Waals surface area contributed by atoms with Gasteiger partial charge in [0.1, 0.15) is 5.75 Å². The number of halogens is 4. The van der Waals surface area contributed by atoms with Crippen LogP contribution < -0.4 is 4.74 Å². The van der Waals surface area contributed by atoms with Crippen molar-refractivity contribution in [2.24, 2.45) is 0 Å². The lowest BCUT2D eigenvalue weighted by atomic mass is 10.2. The third-order valence-corrected chi connectivity index (χ3v) is 3.04. The largest absolute Gasteiger partial charge is 0.573 e. The number of hydrogen-bond acceptors (Lipinski definition) is 3. The number of thioether (sulfide) groups is 1. The van der Waals surface area contributed by atoms with Crippen LogP contribution >= 0.6 is 23.4 Å². The van der Waals surface area contributed by atoms with E-state index in [0.29, 0.717) is 0 Å². The molecule has 0 spiro atoms. The van der Waals surface area contributed by atoms with Gasteiger partial charge in [-0.05, 0) is 18.4 Å². The second kappa shape index (κ2) is 5.05. The van der Waals surface area contributed by atoms with Crippen molar-refractivity contribution in [1.29, 1.82) is 0 Å². The van der Waals surface area contributed by atoms with E-state index in [-0.39, 0.29) is 15.5 Å². The lowest BCUT2D eigenvalue weighted by Gasteiger charge is -2.14. The van der Waals surface area contributed by atoms with Gasteiger partial charge in [-0.1, -0.05) is 11.6 Å². The van der Waals surface area contributed by atoms with Crippen molar-refractivity contribution in [3.05, 3.63) is 22.7 Å². The molecule has 0 saturated carbocycles. The first kappa shape index (κ1) is 14.0. The van der Waals surface area contributed by atoms with Gasteiger partial charge < -0.3 is 9.84 Å². The zero-order valence-electron chi connectivity index (χ0n) is 8.34. The highest BCUT2D eigenvalue weighted by Gasteiger charge is 2.33. The van der Waals surface area contributed by atoms with Gasteiger partial charge in [-0.2, -0.15) is 0 Å². The number of carboxylic acid groups (broad SMARTS) is 1. The Morgan fingerprint density at radius 1 is 1.47 bits per heavy atom.